The Labute approximate surface area is 132 Å². The number of carbonyl (C=O) groups is 1. The summed E-state index contributed by atoms with van der Waals surface area (Å²) in [5.74, 6) is -1.19. The standard InChI is InChI=1S/C14H19N2O7/c1-16-10-12(19)11(18)9(23-14(10)21)5-22-13(20)7-4-6(15)2-3-8(7)17/h2-4,9-12,14,16-19H,5,15H2,1H3/p+1/t9?,10?,11-,12+,14-/m1/s1. The summed E-state index contributed by atoms with van der Waals surface area (Å²) in [6.45, 7) is -0.444. The van der Waals surface area contributed by atoms with Crippen molar-refractivity contribution >= 4 is 11.7 Å². The average Bonchev–Trinajstić information content (AvgIpc) is 2.52. The highest BCUT2D eigenvalue weighted by Gasteiger charge is 2.47. The van der Waals surface area contributed by atoms with Gasteiger partial charge in [0.25, 0.3) is 0 Å². The molecule has 23 heavy (non-hydrogen) atoms. The minimum Gasteiger partial charge on any atom is -0.507 e. The fourth-order valence-electron chi connectivity index (χ4n) is 2.40. The third-order valence-corrected chi connectivity index (χ3v) is 3.75. The van der Waals surface area contributed by atoms with Crippen LogP contribution in [0.4, 0.5) is 5.69 Å². The molecule has 5 atom stereocenters. The fraction of sp³-hybridized carbons (Fsp3) is 0.500. The van der Waals surface area contributed by atoms with E-state index in [4.69, 9.17) is 15.2 Å². The van der Waals surface area contributed by atoms with E-state index in [-0.39, 0.29) is 17.0 Å². The van der Waals surface area contributed by atoms with Crippen molar-refractivity contribution in [2.75, 3.05) is 19.4 Å². The number of nitrogen functional groups attached to an aromatic ring is 1. The number of hydrogen-bond acceptors (Lipinski definition) is 7. The molecule has 0 amide bonds. The predicted molar refractivity (Wildman–Crippen MR) is 75.8 cm³/mol. The zero-order valence-corrected chi connectivity index (χ0v) is 12.5. The molecule has 9 heteroatoms. The van der Waals surface area contributed by atoms with Gasteiger partial charge in [-0.2, -0.15) is 5.11 Å². The Bertz CT molecular complexity index is 568. The van der Waals surface area contributed by atoms with E-state index in [0.717, 1.165) is 0 Å². The first kappa shape index (κ1) is 17.4. The Morgan fingerprint density at radius 3 is 2.74 bits per heavy atom. The van der Waals surface area contributed by atoms with Crippen LogP contribution in [0, 0.1) is 0 Å². The van der Waals surface area contributed by atoms with Crippen LogP contribution >= 0.6 is 0 Å². The van der Waals surface area contributed by atoms with Gasteiger partial charge in [-0.05, 0) is 18.2 Å². The van der Waals surface area contributed by atoms with E-state index in [1.165, 1.54) is 23.5 Å². The number of quaternary nitrogens is 1. The maximum absolute atomic E-state index is 11.9. The molecule has 1 fully saturated rings. The second-order valence-corrected chi connectivity index (χ2v) is 5.31. The van der Waals surface area contributed by atoms with Crippen molar-refractivity contribution in [1.82, 2.24) is 0 Å². The van der Waals surface area contributed by atoms with Gasteiger partial charge in [0, 0.05) is 5.69 Å². The lowest BCUT2D eigenvalue weighted by Crippen LogP contribution is -2.94. The molecule has 0 bridgehead atoms. The van der Waals surface area contributed by atoms with Gasteiger partial charge in [0.1, 0.15) is 36.2 Å². The van der Waals surface area contributed by atoms with E-state index in [2.05, 4.69) is 0 Å². The summed E-state index contributed by atoms with van der Waals surface area (Å²) in [5.41, 5.74) is 5.65. The molecule has 1 radical (unpaired) electrons. The molecule has 0 aromatic heterocycles. The zero-order chi connectivity index (χ0) is 17.1. The predicted octanol–water partition coefficient (Wildman–Crippen LogP) is -2.43. The molecule has 1 saturated heterocycles. The summed E-state index contributed by atoms with van der Waals surface area (Å²) in [4.78, 5) is 11.9. The Balaban J connectivity index is 2.00. The number of aliphatic hydroxyl groups excluding tert-OH is 2. The van der Waals surface area contributed by atoms with Gasteiger partial charge in [-0.15, -0.1) is 0 Å². The molecule has 1 aromatic carbocycles. The normalized spacial score (nSPS) is 30.9. The third kappa shape index (κ3) is 3.71. The van der Waals surface area contributed by atoms with Crippen LogP contribution in [-0.4, -0.2) is 65.6 Å². The number of aromatic hydroxyl groups is 1. The third-order valence-electron chi connectivity index (χ3n) is 3.75. The number of ether oxygens (including phenoxy) is 2. The van der Waals surface area contributed by atoms with Gasteiger partial charge in [-0.1, -0.05) is 0 Å². The number of phenolic OH excluding ortho intramolecular Hbond substituents is 1. The molecular formula is C14H20N2O7+. The highest BCUT2D eigenvalue weighted by molar-refractivity contribution is 5.93. The van der Waals surface area contributed by atoms with Crippen LogP contribution in [0.15, 0.2) is 18.2 Å². The van der Waals surface area contributed by atoms with Crippen molar-refractivity contribution in [1.29, 1.82) is 0 Å². The maximum Gasteiger partial charge on any atom is 0.342 e. The summed E-state index contributed by atoms with van der Waals surface area (Å²) in [6, 6.07) is 3.05. The number of benzene rings is 1. The summed E-state index contributed by atoms with van der Waals surface area (Å²) >= 11 is 0. The van der Waals surface area contributed by atoms with Gasteiger partial charge < -0.3 is 35.8 Å². The summed E-state index contributed by atoms with van der Waals surface area (Å²) < 4.78 is 9.99. The summed E-state index contributed by atoms with van der Waals surface area (Å²) in [5, 5.41) is 42.7. The van der Waals surface area contributed by atoms with E-state index in [0.29, 0.717) is 0 Å². The van der Waals surface area contributed by atoms with Crippen LogP contribution in [0.3, 0.4) is 0 Å². The van der Waals surface area contributed by atoms with E-state index in [1.54, 1.807) is 7.05 Å². The Morgan fingerprint density at radius 1 is 1.39 bits per heavy atom. The highest BCUT2D eigenvalue weighted by Crippen LogP contribution is 2.22. The number of nitrogens with two attached hydrogens (primary N) is 2. The monoisotopic (exact) mass is 328 g/mol. The highest BCUT2D eigenvalue weighted by atomic mass is 16.6. The number of aliphatic hydroxyl groups is 2. The molecule has 0 saturated carbocycles. The van der Waals surface area contributed by atoms with Gasteiger partial charge in [0.15, 0.2) is 6.04 Å². The van der Waals surface area contributed by atoms with Crippen molar-refractivity contribution in [2.24, 2.45) is 0 Å². The number of phenols is 1. The molecule has 0 spiro atoms. The van der Waals surface area contributed by atoms with Crippen LogP contribution in [0.25, 0.3) is 0 Å². The quantitative estimate of drug-likeness (QED) is 0.233. The minimum atomic E-state index is -1.57. The molecule has 1 heterocycles. The second-order valence-electron chi connectivity index (χ2n) is 5.31. The molecule has 1 aliphatic rings. The Kier molecular flexibility index (Phi) is 5.39. The molecule has 2 unspecified atom stereocenters. The number of carbonyl (C=O) groups excluding carboxylic acids is 1. The lowest BCUT2D eigenvalue weighted by molar-refractivity contribution is -0.696. The maximum atomic E-state index is 11.9. The Morgan fingerprint density at radius 2 is 2.09 bits per heavy atom. The van der Waals surface area contributed by atoms with Crippen molar-refractivity contribution in [3.05, 3.63) is 23.8 Å². The van der Waals surface area contributed by atoms with Gasteiger partial charge >= 0.3 is 5.97 Å². The number of rotatable bonds is 4. The van der Waals surface area contributed by atoms with Crippen molar-refractivity contribution in [3.8, 4) is 5.75 Å². The van der Waals surface area contributed by atoms with E-state index in [9.17, 15) is 25.2 Å². The van der Waals surface area contributed by atoms with E-state index in [1.807, 2.05) is 0 Å². The van der Waals surface area contributed by atoms with Gasteiger partial charge in [0.05, 0.1) is 7.05 Å². The number of hydrogen-bond donors (Lipinski definition) is 5. The molecule has 7 N–H and O–H groups in total. The van der Waals surface area contributed by atoms with Crippen molar-refractivity contribution < 1.29 is 40.0 Å². The molecule has 2 rings (SSSR count). The molecule has 1 aliphatic heterocycles. The molecular weight excluding hydrogens is 308 g/mol. The largest absolute Gasteiger partial charge is 0.507 e. The van der Waals surface area contributed by atoms with Crippen molar-refractivity contribution in [3.63, 3.8) is 0 Å². The van der Waals surface area contributed by atoms with Crippen LogP contribution < -0.4 is 11.1 Å². The van der Waals surface area contributed by atoms with Gasteiger partial charge in [-0.25, -0.2) is 4.79 Å². The fourth-order valence-corrected chi connectivity index (χ4v) is 2.40. The number of anilines is 1. The lowest BCUT2D eigenvalue weighted by atomic mass is 9.97. The van der Waals surface area contributed by atoms with Crippen LogP contribution in [0.2, 0.25) is 0 Å². The Hall–Kier alpha value is -1.91. The van der Waals surface area contributed by atoms with Crippen LogP contribution in [0.5, 0.6) is 5.75 Å². The van der Waals surface area contributed by atoms with Gasteiger partial charge in [-0.3, -0.25) is 0 Å². The number of likely N-dealkylation sites (N-methyl/N-ethyl adjacent to an activating group) is 1. The zero-order valence-electron chi connectivity index (χ0n) is 12.5. The van der Waals surface area contributed by atoms with Gasteiger partial charge in [0.2, 0.25) is 6.29 Å². The van der Waals surface area contributed by atoms with E-state index < -0.39 is 43.2 Å². The van der Waals surface area contributed by atoms with E-state index >= 15 is 0 Å². The molecule has 127 valence electrons. The average molecular weight is 328 g/mol. The first-order valence-electron chi connectivity index (χ1n) is 7.07. The van der Waals surface area contributed by atoms with Crippen LogP contribution in [0.1, 0.15) is 10.4 Å². The number of esters is 1. The summed E-state index contributed by atoms with van der Waals surface area (Å²) in [6.07, 6.45) is -5.40. The van der Waals surface area contributed by atoms with Crippen LogP contribution in [-0.2, 0) is 14.6 Å². The SMILES string of the molecule is C[NH2+]C1[C@H]([O])OC(COC(=O)c2cc(N)ccc2O)[C@@H](O)[C@H]1O. The summed E-state index contributed by atoms with van der Waals surface area (Å²) in [7, 11) is 1.58. The topological polar surface area (TPSA) is 159 Å². The first-order valence-corrected chi connectivity index (χ1v) is 7.07. The minimum absolute atomic E-state index is 0.144. The lowest BCUT2D eigenvalue weighted by Gasteiger charge is -2.37. The first-order chi connectivity index (χ1) is 10.8. The molecule has 1 aromatic rings. The molecule has 9 nitrogen and oxygen atoms in total. The molecule has 0 aliphatic carbocycles. The second kappa shape index (κ2) is 7.11. The van der Waals surface area contributed by atoms with Crippen molar-refractivity contribution in [2.45, 2.75) is 30.6 Å². The smallest absolute Gasteiger partial charge is 0.342 e.